The van der Waals surface area contributed by atoms with Crippen LogP contribution in [0, 0.1) is 6.92 Å². The average Bonchev–Trinajstić information content (AvgIpc) is 2.93. The molecular weight excluding hydrogens is 328 g/mol. The largest absolute Gasteiger partial charge is 0.486 e. The monoisotopic (exact) mass is 344 g/mol. The minimum absolute atomic E-state index is 0.136. The second-order valence-electron chi connectivity index (χ2n) is 5.67. The molecule has 1 aromatic heterocycles. The van der Waals surface area contributed by atoms with Gasteiger partial charge in [-0.1, -0.05) is 0 Å². The zero-order valence-electron chi connectivity index (χ0n) is 13.0. The van der Waals surface area contributed by atoms with E-state index in [0.717, 1.165) is 16.6 Å². The number of anilines is 1. The summed E-state index contributed by atoms with van der Waals surface area (Å²) in [6, 6.07) is 12.0. The van der Waals surface area contributed by atoms with Crippen molar-refractivity contribution in [3.05, 3.63) is 48.2 Å². The summed E-state index contributed by atoms with van der Waals surface area (Å²) in [5, 5.41) is 0.954. The first kappa shape index (κ1) is 14.9. The van der Waals surface area contributed by atoms with Crippen LogP contribution >= 0.6 is 0 Å². The highest BCUT2D eigenvalue weighted by Crippen LogP contribution is 2.33. The highest BCUT2D eigenvalue weighted by atomic mass is 32.2. The predicted molar refractivity (Wildman–Crippen MR) is 91.3 cm³/mol. The Morgan fingerprint density at radius 3 is 2.62 bits per heavy atom. The zero-order chi connectivity index (χ0) is 16.7. The Hall–Kier alpha value is -2.67. The molecule has 0 fully saturated rings. The van der Waals surface area contributed by atoms with E-state index in [1.165, 1.54) is 12.1 Å². The number of aryl methyl sites for hydroxylation is 1. The standard InChI is InChI=1S/C17H16N2O4S/c1-11-8-12-9-13(2-4-15(12)18-11)19-24(20,21)14-3-5-16-17(10-14)23-7-6-22-16/h2-5,8-10,18-19H,6-7H2,1H3. The van der Waals surface area contributed by atoms with Crippen molar-refractivity contribution in [2.24, 2.45) is 0 Å². The number of hydrogen-bond acceptors (Lipinski definition) is 4. The van der Waals surface area contributed by atoms with Crippen molar-refractivity contribution < 1.29 is 17.9 Å². The lowest BCUT2D eigenvalue weighted by Crippen LogP contribution is -2.17. The summed E-state index contributed by atoms with van der Waals surface area (Å²) in [7, 11) is -3.70. The lowest BCUT2D eigenvalue weighted by Gasteiger charge is -2.19. The van der Waals surface area contributed by atoms with Gasteiger partial charge in [0.15, 0.2) is 11.5 Å². The summed E-state index contributed by atoms with van der Waals surface area (Å²) in [6.45, 7) is 2.83. The predicted octanol–water partition coefficient (Wildman–Crippen LogP) is 3.05. The minimum Gasteiger partial charge on any atom is -0.486 e. The molecule has 2 aromatic carbocycles. The van der Waals surface area contributed by atoms with Crippen LogP contribution in [0.5, 0.6) is 11.5 Å². The van der Waals surface area contributed by atoms with Crippen LogP contribution in [0.25, 0.3) is 10.9 Å². The fourth-order valence-corrected chi connectivity index (χ4v) is 3.81. The van der Waals surface area contributed by atoms with Crippen molar-refractivity contribution in [3.63, 3.8) is 0 Å². The lowest BCUT2D eigenvalue weighted by molar-refractivity contribution is 0.171. The third kappa shape index (κ3) is 2.67. The number of nitrogens with one attached hydrogen (secondary N) is 2. The second-order valence-corrected chi connectivity index (χ2v) is 7.35. The molecule has 0 unspecified atom stereocenters. The van der Waals surface area contributed by atoms with Gasteiger partial charge in [-0.15, -0.1) is 0 Å². The van der Waals surface area contributed by atoms with Gasteiger partial charge in [0.05, 0.1) is 4.90 Å². The van der Waals surface area contributed by atoms with Crippen molar-refractivity contribution >= 4 is 26.6 Å². The SMILES string of the molecule is Cc1cc2cc(NS(=O)(=O)c3ccc4c(c3)OCCO4)ccc2[nH]1. The summed E-state index contributed by atoms with van der Waals surface area (Å²) in [4.78, 5) is 3.34. The third-order valence-electron chi connectivity index (χ3n) is 3.83. The number of ether oxygens (including phenoxy) is 2. The summed E-state index contributed by atoms with van der Waals surface area (Å²) < 4.78 is 38.7. The maximum Gasteiger partial charge on any atom is 0.262 e. The Morgan fingerprint density at radius 2 is 1.79 bits per heavy atom. The van der Waals surface area contributed by atoms with Gasteiger partial charge in [-0.3, -0.25) is 4.72 Å². The van der Waals surface area contributed by atoms with E-state index in [0.29, 0.717) is 30.4 Å². The summed E-state index contributed by atoms with van der Waals surface area (Å²) in [5.74, 6) is 1.00. The van der Waals surface area contributed by atoms with E-state index in [4.69, 9.17) is 9.47 Å². The summed E-state index contributed by atoms with van der Waals surface area (Å²) >= 11 is 0. The molecule has 1 aliphatic heterocycles. The van der Waals surface area contributed by atoms with E-state index in [9.17, 15) is 8.42 Å². The molecule has 7 heteroatoms. The summed E-state index contributed by atoms with van der Waals surface area (Å²) in [6.07, 6.45) is 0. The molecule has 0 bridgehead atoms. The quantitative estimate of drug-likeness (QED) is 0.765. The van der Waals surface area contributed by atoms with E-state index >= 15 is 0 Å². The van der Waals surface area contributed by atoms with Crippen molar-refractivity contribution in [3.8, 4) is 11.5 Å². The molecule has 0 radical (unpaired) electrons. The Kier molecular flexibility index (Phi) is 3.38. The zero-order valence-corrected chi connectivity index (χ0v) is 13.8. The molecule has 2 N–H and O–H groups in total. The smallest absolute Gasteiger partial charge is 0.262 e. The van der Waals surface area contributed by atoms with Gasteiger partial charge in [0, 0.05) is 28.4 Å². The van der Waals surface area contributed by atoms with Crippen molar-refractivity contribution in [2.45, 2.75) is 11.8 Å². The molecule has 124 valence electrons. The molecule has 0 spiro atoms. The van der Waals surface area contributed by atoms with Crippen LogP contribution < -0.4 is 14.2 Å². The Labute approximate surface area is 139 Å². The topological polar surface area (TPSA) is 80.4 Å². The van der Waals surface area contributed by atoms with E-state index in [2.05, 4.69) is 9.71 Å². The molecule has 4 rings (SSSR count). The van der Waals surface area contributed by atoms with Crippen LogP contribution in [0.15, 0.2) is 47.4 Å². The molecule has 24 heavy (non-hydrogen) atoms. The van der Waals surface area contributed by atoms with Crippen molar-refractivity contribution in [2.75, 3.05) is 17.9 Å². The first-order valence-corrected chi connectivity index (χ1v) is 9.01. The minimum atomic E-state index is -3.70. The first-order chi connectivity index (χ1) is 11.5. The molecule has 1 aliphatic rings. The van der Waals surface area contributed by atoms with Crippen LogP contribution in [0.1, 0.15) is 5.69 Å². The molecule has 2 heterocycles. The molecule has 0 atom stereocenters. The maximum atomic E-state index is 12.6. The van der Waals surface area contributed by atoms with Crippen LogP contribution in [0.3, 0.4) is 0 Å². The van der Waals surface area contributed by atoms with E-state index in [-0.39, 0.29) is 4.90 Å². The highest BCUT2D eigenvalue weighted by molar-refractivity contribution is 7.92. The Balaban J connectivity index is 1.66. The number of fused-ring (bicyclic) bond motifs is 2. The van der Waals surface area contributed by atoms with Gasteiger partial charge in [-0.2, -0.15) is 0 Å². The fourth-order valence-electron chi connectivity index (χ4n) is 2.75. The van der Waals surface area contributed by atoms with Crippen LogP contribution in [0.2, 0.25) is 0 Å². The van der Waals surface area contributed by atoms with Gasteiger partial charge in [-0.25, -0.2) is 8.42 Å². The number of benzene rings is 2. The average molecular weight is 344 g/mol. The van der Waals surface area contributed by atoms with Gasteiger partial charge in [0.25, 0.3) is 10.0 Å². The number of rotatable bonds is 3. The van der Waals surface area contributed by atoms with Gasteiger partial charge >= 0.3 is 0 Å². The first-order valence-electron chi connectivity index (χ1n) is 7.53. The third-order valence-corrected chi connectivity index (χ3v) is 5.21. The molecular formula is C17H16N2O4S. The van der Waals surface area contributed by atoms with Gasteiger partial charge in [0.1, 0.15) is 13.2 Å². The van der Waals surface area contributed by atoms with E-state index < -0.39 is 10.0 Å². The molecule has 0 amide bonds. The number of H-pyrrole nitrogens is 1. The molecule has 0 saturated carbocycles. The van der Waals surface area contributed by atoms with E-state index in [1.54, 1.807) is 18.2 Å². The molecule has 3 aromatic rings. The Morgan fingerprint density at radius 1 is 1.00 bits per heavy atom. The lowest BCUT2D eigenvalue weighted by atomic mass is 10.2. The number of hydrogen-bond donors (Lipinski definition) is 2. The van der Waals surface area contributed by atoms with Crippen molar-refractivity contribution in [1.82, 2.24) is 4.98 Å². The van der Waals surface area contributed by atoms with Crippen LogP contribution in [0.4, 0.5) is 5.69 Å². The molecule has 6 nitrogen and oxygen atoms in total. The molecule has 0 aliphatic carbocycles. The van der Waals surface area contributed by atoms with Gasteiger partial charge < -0.3 is 14.5 Å². The van der Waals surface area contributed by atoms with Crippen LogP contribution in [-0.2, 0) is 10.0 Å². The van der Waals surface area contributed by atoms with E-state index in [1.807, 2.05) is 19.1 Å². The second kappa shape index (κ2) is 5.45. The Bertz CT molecular complexity index is 1020. The van der Waals surface area contributed by atoms with Crippen LogP contribution in [-0.4, -0.2) is 26.6 Å². The normalized spacial score (nSPS) is 13.9. The summed E-state index contributed by atoms with van der Waals surface area (Å²) in [5.41, 5.74) is 2.50. The van der Waals surface area contributed by atoms with Crippen molar-refractivity contribution in [1.29, 1.82) is 0 Å². The number of aromatic nitrogens is 1. The number of sulfonamides is 1. The maximum absolute atomic E-state index is 12.6. The fraction of sp³-hybridized carbons (Fsp3) is 0.176. The highest BCUT2D eigenvalue weighted by Gasteiger charge is 2.19. The van der Waals surface area contributed by atoms with Gasteiger partial charge in [0.2, 0.25) is 0 Å². The number of aromatic amines is 1. The van der Waals surface area contributed by atoms with Gasteiger partial charge in [-0.05, 0) is 43.3 Å². The molecule has 0 saturated heterocycles.